The van der Waals surface area contributed by atoms with Crippen molar-refractivity contribution in [1.82, 2.24) is 0 Å². The van der Waals surface area contributed by atoms with Gasteiger partial charge >= 0.3 is 5.97 Å². The van der Waals surface area contributed by atoms with Gasteiger partial charge < -0.3 is 14.6 Å². The maximum atomic E-state index is 10.7. The van der Waals surface area contributed by atoms with Crippen LogP contribution < -0.4 is 0 Å². The van der Waals surface area contributed by atoms with Crippen LogP contribution in [-0.2, 0) is 14.3 Å². The first-order valence-electron chi connectivity index (χ1n) is 3.25. The lowest BCUT2D eigenvalue weighted by molar-refractivity contribution is -0.161. The van der Waals surface area contributed by atoms with E-state index in [0.717, 1.165) is 0 Å². The Bertz CT molecular complexity index is 187. The molecule has 0 bridgehead atoms. The maximum Gasteiger partial charge on any atom is 0.342 e. The molecule has 0 radical (unpaired) electrons. The lowest BCUT2D eigenvalue weighted by Crippen LogP contribution is -2.41. The number of methoxy groups -OCH3 is 1. The second kappa shape index (κ2) is 3.02. The predicted octanol–water partition coefficient (Wildman–Crippen LogP) is 0.0426. The van der Waals surface area contributed by atoms with Crippen molar-refractivity contribution in [3.8, 4) is 0 Å². The zero-order chi connectivity index (χ0) is 8.32. The Morgan fingerprint density at radius 1 is 1.91 bits per heavy atom. The molecule has 1 heterocycles. The number of rotatable bonds is 3. The summed E-state index contributed by atoms with van der Waals surface area (Å²) in [7, 11) is 1.44. The van der Waals surface area contributed by atoms with E-state index in [0.29, 0.717) is 6.61 Å². The zero-order valence-electron chi connectivity index (χ0n) is 6.24. The molecule has 0 aliphatic carbocycles. The molecule has 0 saturated carbocycles. The van der Waals surface area contributed by atoms with Gasteiger partial charge in [0, 0.05) is 7.11 Å². The van der Waals surface area contributed by atoms with E-state index in [1.54, 1.807) is 6.08 Å². The molecule has 0 amide bonds. The Morgan fingerprint density at radius 3 is 3.00 bits per heavy atom. The van der Waals surface area contributed by atoms with Gasteiger partial charge in [0.2, 0.25) is 5.60 Å². The predicted molar refractivity (Wildman–Crippen MR) is 37.3 cm³/mol. The van der Waals surface area contributed by atoms with Gasteiger partial charge in [0.05, 0.1) is 13.2 Å². The molecule has 4 nitrogen and oxygen atoms in total. The molecule has 11 heavy (non-hydrogen) atoms. The van der Waals surface area contributed by atoms with Gasteiger partial charge in [0.25, 0.3) is 0 Å². The quantitative estimate of drug-likeness (QED) is 0.589. The van der Waals surface area contributed by atoms with Crippen LogP contribution >= 0.6 is 0 Å². The van der Waals surface area contributed by atoms with Crippen LogP contribution in [0.2, 0.25) is 0 Å². The molecular weight excluding hydrogens is 148 g/mol. The third-order valence-electron chi connectivity index (χ3n) is 1.54. The van der Waals surface area contributed by atoms with Crippen molar-refractivity contribution < 1.29 is 19.4 Å². The number of carboxylic acids is 1. The van der Waals surface area contributed by atoms with Crippen molar-refractivity contribution >= 4 is 5.97 Å². The average molecular weight is 158 g/mol. The fourth-order valence-corrected chi connectivity index (χ4v) is 0.982. The highest BCUT2D eigenvalue weighted by molar-refractivity contribution is 5.80. The second-order valence-electron chi connectivity index (χ2n) is 2.34. The third kappa shape index (κ3) is 1.41. The van der Waals surface area contributed by atoms with E-state index in [2.05, 4.69) is 0 Å². The van der Waals surface area contributed by atoms with Crippen molar-refractivity contribution in [2.45, 2.75) is 5.60 Å². The molecule has 0 saturated heterocycles. The molecule has 0 aromatic rings. The molecule has 0 spiro atoms. The van der Waals surface area contributed by atoms with Crippen LogP contribution in [0.1, 0.15) is 0 Å². The first-order valence-corrected chi connectivity index (χ1v) is 3.25. The molecule has 1 N–H and O–H groups in total. The minimum Gasteiger partial charge on any atom is -0.479 e. The van der Waals surface area contributed by atoms with E-state index in [-0.39, 0.29) is 6.61 Å². The van der Waals surface area contributed by atoms with Gasteiger partial charge in [-0.2, -0.15) is 0 Å². The normalized spacial score (nSPS) is 29.2. The van der Waals surface area contributed by atoms with Crippen molar-refractivity contribution in [3.05, 3.63) is 12.2 Å². The Balaban J connectivity index is 2.71. The third-order valence-corrected chi connectivity index (χ3v) is 1.54. The summed E-state index contributed by atoms with van der Waals surface area (Å²) in [5.41, 5.74) is -1.24. The van der Waals surface area contributed by atoms with Crippen LogP contribution in [-0.4, -0.2) is 37.0 Å². The number of carboxylic acid groups (broad SMARTS) is 1. The Hall–Kier alpha value is -0.870. The van der Waals surface area contributed by atoms with Gasteiger partial charge in [0.15, 0.2) is 0 Å². The van der Waals surface area contributed by atoms with Gasteiger partial charge in [-0.3, -0.25) is 0 Å². The summed E-state index contributed by atoms with van der Waals surface area (Å²) in [6.45, 7) is 0.397. The summed E-state index contributed by atoms with van der Waals surface area (Å²) in [5, 5.41) is 8.74. The average Bonchev–Trinajstić information content (AvgIpc) is 2.38. The van der Waals surface area contributed by atoms with E-state index >= 15 is 0 Å². The molecular formula is C7H10O4. The summed E-state index contributed by atoms with van der Waals surface area (Å²) in [5.74, 6) is -1.01. The second-order valence-corrected chi connectivity index (χ2v) is 2.34. The Morgan fingerprint density at radius 2 is 2.64 bits per heavy atom. The molecule has 0 fully saturated rings. The number of ether oxygens (including phenoxy) is 2. The van der Waals surface area contributed by atoms with E-state index in [1.807, 2.05) is 0 Å². The van der Waals surface area contributed by atoms with Gasteiger partial charge in [-0.1, -0.05) is 6.08 Å². The molecule has 1 atom stereocenters. The highest BCUT2D eigenvalue weighted by atomic mass is 16.6. The van der Waals surface area contributed by atoms with Crippen LogP contribution in [0.5, 0.6) is 0 Å². The van der Waals surface area contributed by atoms with Crippen LogP contribution in [0.4, 0.5) is 0 Å². The standard InChI is InChI=1S/C7H10O4/c1-10-5-7(6(8)9)3-2-4-11-7/h2-3H,4-5H2,1H3,(H,8,9)/t7-/m1/s1. The molecule has 1 aliphatic rings. The van der Waals surface area contributed by atoms with Crippen LogP contribution in [0.15, 0.2) is 12.2 Å². The van der Waals surface area contributed by atoms with Gasteiger partial charge in [-0.15, -0.1) is 0 Å². The number of carbonyl (C=O) groups is 1. The van der Waals surface area contributed by atoms with E-state index < -0.39 is 11.6 Å². The van der Waals surface area contributed by atoms with Gasteiger partial charge in [-0.05, 0) is 6.08 Å². The first-order chi connectivity index (χ1) is 5.21. The summed E-state index contributed by atoms with van der Waals surface area (Å²) < 4.78 is 9.74. The lowest BCUT2D eigenvalue weighted by atomic mass is 10.1. The first kappa shape index (κ1) is 8.23. The monoisotopic (exact) mass is 158 g/mol. The van der Waals surface area contributed by atoms with E-state index in [9.17, 15) is 4.79 Å². The molecule has 0 aromatic heterocycles. The van der Waals surface area contributed by atoms with E-state index in [1.165, 1.54) is 13.2 Å². The molecule has 0 unspecified atom stereocenters. The minimum absolute atomic E-state index is 0.0544. The summed E-state index contributed by atoms with van der Waals surface area (Å²) in [4.78, 5) is 10.7. The SMILES string of the molecule is COC[C@@]1(C(=O)O)C=CCO1. The topological polar surface area (TPSA) is 55.8 Å². The highest BCUT2D eigenvalue weighted by Gasteiger charge is 2.39. The lowest BCUT2D eigenvalue weighted by Gasteiger charge is -2.20. The van der Waals surface area contributed by atoms with Crippen molar-refractivity contribution in [2.75, 3.05) is 20.3 Å². The number of aliphatic carboxylic acids is 1. The molecule has 4 heteroatoms. The maximum absolute atomic E-state index is 10.7. The van der Waals surface area contributed by atoms with Crippen molar-refractivity contribution in [2.24, 2.45) is 0 Å². The number of hydrogen-bond acceptors (Lipinski definition) is 3. The van der Waals surface area contributed by atoms with Crippen LogP contribution in [0.25, 0.3) is 0 Å². The van der Waals surface area contributed by atoms with Crippen LogP contribution in [0.3, 0.4) is 0 Å². The van der Waals surface area contributed by atoms with E-state index in [4.69, 9.17) is 14.6 Å². The zero-order valence-corrected chi connectivity index (χ0v) is 6.24. The largest absolute Gasteiger partial charge is 0.479 e. The fraction of sp³-hybridized carbons (Fsp3) is 0.571. The molecule has 1 rings (SSSR count). The number of hydrogen-bond donors (Lipinski definition) is 1. The minimum atomic E-state index is -1.24. The van der Waals surface area contributed by atoms with Crippen molar-refractivity contribution in [3.63, 3.8) is 0 Å². The Labute approximate surface area is 64.4 Å². The molecule has 0 aromatic carbocycles. The van der Waals surface area contributed by atoms with Gasteiger partial charge in [-0.25, -0.2) is 4.79 Å². The Kier molecular flexibility index (Phi) is 2.26. The smallest absolute Gasteiger partial charge is 0.342 e. The fourth-order valence-electron chi connectivity index (χ4n) is 0.982. The van der Waals surface area contributed by atoms with Crippen LogP contribution in [0, 0.1) is 0 Å². The molecule has 62 valence electrons. The highest BCUT2D eigenvalue weighted by Crippen LogP contribution is 2.19. The van der Waals surface area contributed by atoms with Gasteiger partial charge in [0.1, 0.15) is 0 Å². The van der Waals surface area contributed by atoms with Crippen molar-refractivity contribution in [1.29, 1.82) is 0 Å². The summed E-state index contributed by atoms with van der Waals surface area (Å²) in [6, 6.07) is 0. The molecule has 1 aliphatic heterocycles. The summed E-state index contributed by atoms with van der Waals surface area (Å²) in [6.07, 6.45) is 3.19. The summed E-state index contributed by atoms with van der Waals surface area (Å²) >= 11 is 0.